The molecule has 0 radical (unpaired) electrons. The fourth-order valence-corrected chi connectivity index (χ4v) is 3.16. The Morgan fingerprint density at radius 2 is 1.25 bits per heavy atom. The first-order valence-electron chi connectivity index (χ1n) is 8.94. The van der Waals surface area contributed by atoms with Crippen LogP contribution in [0, 0.1) is 23.7 Å². The van der Waals surface area contributed by atoms with Crippen LogP contribution in [0.15, 0.2) is 0 Å². The van der Waals surface area contributed by atoms with Gasteiger partial charge in [-0.2, -0.15) is 0 Å². The van der Waals surface area contributed by atoms with Crippen molar-refractivity contribution in [2.24, 2.45) is 23.7 Å². The van der Waals surface area contributed by atoms with Crippen molar-refractivity contribution in [2.45, 2.75) is 59.6 Å². The maximum Gasteiger partial charge on any atom is 0.224 e. The molecule has 0 heterocycles. The van der Waals surface area contributed by atoms with Gasteiger partial charge in [-0.15, -0.1) is 0 Å². The van der Waals surface area contributed by atoms with Gasteiger partial charge in [0.25, 0.3) is 0 Å². The van der Waals surface area contributed by atoms with E-state index in [4.69, 9.17) is 0 Å². The molecule has 0 spiro atoms. The van der Waals surface area contributed by atoms with Crippen LogP contribution in [0.4, 0.5) is 0 Å². The van der Waals surface area contributed by atoms with Crippen LogP contribution < -0.4 is 10.6 Å². The second-order valence-corrected chi connectivity index (χ2v) is 6.14. The molecule has 0 aromatic rings. The van der Waals surface area contributed by atoms with E-state index in [1.54, 1.807) is 7.05 Å². The van der Waals surface area contributed by atoms with Crippen LogP contribution in [-0.2, 0) is 14.4 Å². The van der Waals surface area contributed by atoms with E-state index in [0.717, 1.165) is 0 Å². The van der Waals surface area contributed by atoms with Crippen molar-refractivity contribution in [1.29, 1.82) is 0 Å². The topological polar surface area (TPSA) is 95.5 Å². The molecule has 1 amide bonds. The van der Waals surface area contributed by atoms with E-state index in [0.29, 0.717) is 0 Å². The Bertz CT molecular complexity index is 395. The number of rotatable bonds is 5. The molecule has 0 saturated heterocycles. The fraction of sp³-hybridized carbons (Fsp3) is 0.833. The Balaban J connectivity index is 0.000000746. The molecular formula is C18H34N2O4. The van der Waals surface area contributed by atoms with Crippen molar-refractivity contribution >= 4 is 17.5 Å². The third-order valence-electron chi connectivity index (χ3n) is 4.75. The average molecular weight is 342 g/mol. The van der Waals surface area contributed by atoms with Gasteiger partial charge in [-0.25, -0.2) is 0 Å². The zero-order valence-electron chi connectivity index (χ0n) is 15.9. The first-order valence-corrected chi connectivity index (χ1v) is 8.94. The normalized spacial score (nSPS) is 28.5. The third kappa shape index (κ3) is 5.38. The van der Waals surface area contributed by atoms with E-state index in [2.05, 4.69) is 10.6 Å². The summed E-state index contributed by atoms with van der Waals surface area (Å²) in [5, 5.41) is 14.9. The molecule has 0 bridgehead atoms. The van der Waals surface area contributed by atoms with Gasteiger partial charge >= 0.3 is 0 Å². The van der Waals surface area contributed by atoms with Crippen LogP contribution in [0.5, 0.6) is 0 Å². The summed E-state index contributed by atoms with van der Waals surface area (Å²) >= 11 is 0. The summed E-state index contributed by atoms with van der Waals surface area (Å²) in [6.07, 6.45) is 5.04. The summed E-state index contributed by atoms with van der Waals surface area (Å²) in [5.74, 6) is -3.11. The number of hydrogen-bond donors (Lipinski definition) is 3. The maximum absolute atomic E-state index is 11.8. The Kier molecular flexibility index (Phi) is 10.7. The predicted octanol–water partition coefficient (Wildman–Crippen LogP) is 1.51. The number of amides is 1. The van der Waals surface area contributed by atoms with Gasteiger partial charge in [-0.1, -0.05) is 39.5 Å². The molecule has 6 nitrogen and oxygen atoms in total. The van der Waals surface area contributed by atoms with Gasteiger partial charge in [0.1, 0.15) is 17.8 Å². The second-order valence-electron chi connectivity index (χ2n) is 6.14. The molecule has 3 atom stereocenters. The van der Waals surface area contributed by atoms with Gasteiger partial charge < -0.3 is 10.4 Å². The van der Waals surface area contributed by atoms with E-state index in [9.17, 15) is 19.5 Å². The molecular weight excluding hydrogens is 308 g/mol. The first-order chi connectivity index (χ1) is 11.4. The minimum Gasteiger partial charge on any atom is -0.378 e. The summed E-state index contributed by atoms with van der Waals surface area (Å²) in [5.41, 5.74) is 0. The maximum atomic E-state index is 11.8. The summed E-state index contributed by atoms with van der Waals surface area (Å²) < 4.78 is 0. The van der Waals surface area contributed by atoms with Crippen LogP contribution in [0.2, 0.25) is 0 Å². The fourth-order valence-electron chi connectivity index (χ4n) is 3.16. The van der Waals surface area contributed by atoms with Gasteiger partial charge in [0.05, 0.1) is 5.92 Å². The Morgan fingerprint density at radius 3 is 1.46 bits per heavy atom. The van der Waals surface area contributed by atoms with Gasteiger partial charge in [-0.3, -0.25) is 19.7 Å². The van der Waals surface area contributed by atoms with E-state index in [-0.39, 0.29) is 17.5 Å². The molecule has 24 heavy (non-hydrogen) atoms. The smallest absolute Gasteiger partial charge is 0.224 e. The van der Waals surface area contributed by atoms with Crippen molar-refractivity contribution in [2.75, 3.05) is 14.1 Å². The standard InChI is InChI=1S/C12H20N2O4.C4H8.C2H6/c1-5(15)7-9(11(17)13-3)8(6(2)16)10(7)12(18)14-4;1-2-4-3-1;1-2/h7-11,13,17H,1-4H3,(H,14,18);1-4H2;1-2H3. The molecule has 6 heteroatoms. The molecule has 2 aliphatic carbocycles. The van der Waals surface area contributed by atoms with Crippen LogP contribution in [0.25, 0.3) is 0 Å². The highest BCUT2D eigenvalue weighted by Crippen LogP contribution is 2.48. The summed E-state index contributed by atoms with van der Waals surface area (Å²) in [7, 11) is 3.02. The average Bonchev–Trinajstić information content (AvgIpc) is 2.45. The van der Waals surface area contributed by atoms with E-state index in [1.807, 2.05) is 13.8 Å². The van der Waals surface area contributed by atoms with Gasteiger partial charge in [0, 0.05) is 24.8 Å². The predicted molar refractivity (Wildman–Crippen MR) is 94.3 cm³/mol. The SMILES string of the molecule is C1CCC1.CC.CNC(=O)C1C(C(C)=O)C(C(O)NC)C1C(C)=O. The highest BCUT2D eigenvalue weighted by Gasteiger charge is 2.59. The van der Waals surface area contributed by atoms with Crippen molar-refractivity contribution in [3.63, 3.8) is 0 Å². The second kappa shape index (κ2) is 11.3. The van der Waals surface area contributed by atoms with Crippen molar-refractivity contribution in [3.8, 4) is 0 Å². The number of carbonyl (C=O) groups is 3. The lowest BCUT2D eigenvalue weighted by molar-refractivity contribution is -0.168. The number of aliphatic hydroxyl groups is 1. The molecule has 2 rings (SSSR count). The van der Waals surface area contributed by atoms with Gasteiger partial charge in [0.15, 0.2) is 0 Å². The number of hydrogen-bond acceptors (Lipinski definition) is 5. The number of nitrogens with one attached hydrogen (secondary N) is 2. The Morgan fingerprint density at radius 1 is 0.875 bits per heavy atom. The zero-order chi connectivity index (χ0) is 18.9. The molecule has 2 fully saturated rings. The molecule has 2 saturated carbocycles. The lowest BCUT2D eigenvalue weighted by atomic mass is 9.53. The lowest BCUT2D eigenvalue weighted by Gasteiger charge is -2.50. The summed E-state index contributed by atoms with van der Waals surface area (Å²) in [6, 6.07) is 0. The van der Waals surface area contributed by atoms with E-state index in [1.165, 1.54) is 46.6 Å². The molecule has 0 aromatic carbocycles. The third-order valence-corrected chi connectivity index (χ3v) is 4.75. The highest BCUT2D eigenvalue weighted by atomic mass is 16.3. The highest BCUT2D eigenvalue weighted by molar-refractivity contribution is 5.96. The quantitative estimate of drug-likeness (QED) is 0.658. The number of carbonyl (C=O) groups excluding carboxylic acids is 3. The van der Waals surface area contributed by atoms with Crippen LogP contribution in [0.3, 0.4) is 0 Å². The molecule has 0 aromatic heterocycles. The Hall–Kier alpha value is -1.27. The zero-order valence-corrected chi connectivity index (χ0v) is 15.9. The lowest BCUT2D eigenvalue weighted by Crippen LogP contribution is -2.63. The molecule has 0 aliphatic heterocycles. The van der Waals surface area contributed by atoms with E-state index >= 15 is 0 Å². The largest absolute Gasteiger partial charge is 0.378 e. The summed E-state index contributed by atoms with van der Waals surface area (Å²) in [6.45, 7) is 6.76. The van der Waals surface area contributed by atoms with Crippen LogP contribution in [-0.4, -0.2) is 42.9 Å². The van der Waals surface area contributed by atoms with Crippen molar-refractivity contribution in [1.82, 2.24) is 10.6 Å². The molecule has 3 N–H and O–H groups in total. The van der Waals surface area contributed by atoms with E-state index < -0.39 is 29.9 Å². The minimum absolute atomic E-state index is 0.180. The monoisotopic (exact) mass is 342 g/mol. The molecule has 2 aliphatic rings. The van der Waals surface area contributed by atoms with Crippen LogP contribution in [0.1, 0.15) is 53.4 Å². The Labute approximate surface area is 145 Å². The van der Waals surface area contributed by atoms with Crippen molar-refractivity contribution < 1.29 is 19.5 Å². The van der Waals surface area contributed by atoms with Gasteiger partial charge in [-0.05, 0) is 20.9 Å². The number of aliphatic hydroxyl groups excluding tert-OH is 1. The number of Topliss-reactive ketones (excluding diaryl/α,β-unsaturated/α-hetero) is 2. The van der Waals surface area contributed by atoms with Crippen molar-refractivity contribution in [3.05, 3.63) is 0 Å². The number of ketones is 2. The van der Waals surface area contributed by atoms with Gasteiger partial charge in [0.2, 0.25) is 5.91 Å². The summed E-state index contributed by atoms with van der Waals surface area (Å²) in [4.78, 5) is 35.0. The van der Waals surface area contributed by atoms with Crippen LogP contribution >= 0.6 is 0 Å². The molecule has 140 valence electrons. The minimum atomic E-state index is -0.964. The molecule has 3 unspecified atom stereocenters. The first kappa shape index (κ1) is 22.7.